The zero-order valence-electron chi connectivity index (χ0n) is 12.5. The normalized spacial score (nSPS) is 13.1. The van der Waals surface area contributed by atoms with Crippen molar-refractivity contribution in [3.05, 3.63) is 30.3 Å². The number of hydrogen-bond acceptors (Lipinski definition) is 5. The van der Waals surface area contributed by atoms with Crippen molar-refractivity contribution in [3.63, 3.8) is 0 Å². The van der Waals surface area contributed by atoms with Crippen LogP contribution in [-0.4, -0.2) is 30.1 Å². The van der Waals surface area contributed by atoms with Crippen LogP contribution in [0.2, 0.25) is 0 Å². The van der Waals surface area contributed by atoms with E-state index >= 15 is 0 Å². The van der Waals surface area contributed by atoms with E-state index in [-0.39, 0.29) is 5.71 Å². The number of esters is 1. The number of aliphatic imine (C=N–C) groups is 1. The standard InChI is InChI=1S/C15H20N2O3/c1-11(16-12-9-7-6-8-10-12)13(17-19-5)14(18)20-15(2,3)4/h6-10H,1-5H3. The molecule has 5 nitrogen and oxygen atoms in total. The van der Waals surface area contributed by atoms with Crippen molar-refractivity contribution < 1.29 is 14.4 Å². The molecule has 0 amide bonds. The SMILES string of the molecule is CON=C(C(=O)OC(C)(C)C)C(C)=Nc1ccccc1. The number of carbonyl (C=O) groups is 1. The van der Waals surface area contributed by atoms with Gasteiger partial charge in [0, 0.05) is 0 Å². The molecule has 0 bridgehead atoms. The summed E-state index contributed by atoms with van der Waals surface area (Å²) in [5.74, 6) is -0.559. The summed E-state index contributed by atoms with van der Waals surface area (Å²) in [4.78, 5) is 21.1. The van der Waals surface area contributed by atoms with Crippen LogP contribution in [0.3, 0.4) is 0 Å². The third-order valence-electron chi connectivity index (χ3n) is 2.17. The van der Waals surface area contributed by atoms with E-state index < -0.39 is 11.6 Å². The Kier molecular flexibility index (Phi) is 5.43. The molecule has 0 spiro atoms. The van der Waals surface area contributed by atoms with Crippen LogP contribution in [0.25, 0.3) is 0 Å². The van der Waals surface area contributed by atoms with E-state index in [0.717, 1.165) is 5.69 Å². The van der Waals surface area contributed by atoms with E-state index in [9.17, 15) is 4.79 Å². The maximum atomic E-state index is 12.1. The molecule has 20 heavy (non-hydrogen) atoms. The molecule has 0 radical (unpaired) electrons. The van der Waals surface area contributed by atoms with Crippen LogP contribution in [0, 0.1) is 0 Å². The van der Waals surface area contributed by atoms with Gasteiger partial charge in [0.1, 0.15) is 12.7 Å². The molecule has 0 unspecified atom stereocenters. The minimum atomic E-state index is -0.599. The lowest BCUT2D eigenvalue weighted by molar-refractivity contribution is -0.146. The smallest absolute Gasteiger partial charge is 0.362 e. The van der Waals surface area contributed by atoms with Crippen molar-refractivity contribution in [3.8, 4) is 0 Å². The fourth-order valence-corrected chi connectivity index (χ4v) is 1.42. The molecule has 5 heteroatoms. The van der Waals surface area contributed by atoms with Gasteiger partial charge in [-0.3, -0.25) is 4.99 Å². The Morgan fingerprint density at radius 3 is 2.25 bits per heavy atom. The Morgan fingerprint density at radius 2 is 1.75 bits per heavy atom. The van der Waals surface area contributed by atoms with Gasteiger partial charge in [0.05, 0.1) is 11.4 Å². The summed E-state index contributed by atoms with van der Waals surface area (Å²) >= 11 is 0. The molecule has 0 aliphatic rings. The number of nitrogens with zero attached hydrogens (tertiary/aromatic N) is 2. The Balaban J connectivity index is 3.00. The first kappa shape index (κ1) is 15.9. The van der Waals surface area contributed by atoms with Gasteiger partial charge in [-0.25, -0.2) is 4.79 Å². The van der Waals surface area contributed by atoms with Crippen molar-refractivity contribution >= 4 is 23.1 Å². The van der Waals surface area contributed by atoms with Crippen LogP contribution in [0.15, 0.2) is 40.5 Å². The molecule has 0 heterocycles. The number of hydrogen-bond donors (Lipinski definition) is 0. The van der Waals surface area contributed by atoms with Gasteiger partial charge in [0.2, 0.25) is 5.71 Å². The monoisotopic (exact) mass is 276 g/mol. The average molecular weight is 276 g/mol. The number of ether oxygens (including phenoxy) is 1. The molecular weight excluding hydrogens is 256 g/mol. The van der Waals surface area contributed by atoms with Gasteiger partial charge in [0.15, 0.2) is 0 Å². The second-order valence-electron chi connectivity index (χ2n) is 5.16. The zero-order valence-corrected chi connectivity index (χ0v) is 12.5. The second kappa shape index (κ2) is 6.84. The quantitative estimate of drug-likeness (QED) is 0.482. The van der Waals surface area contributed by atoms with Crippen LogP contribution in [0.4, 0.5) is 5.69 Å². The lowest BCUT2D eigenvalue weighted by Crippen LogP contribution is -2.32. The van der Waals surface area contributed by atoms with Crippen LogP contribution in [-0.2, 0) is 14.4 Å². The van der Waals surface area contributed by atoms with E-state index in [0.29, 0.717) is 5.71 Å². The Morgan fingerprint density at radius 1 is 1.15 bits per heavy atom. The molecular formula is C15H20N2O3. The highest BCUT2D eigenvalue weighted by Crippen LogP contribution is 2.12. The fourth-order valence-electron chi connectivity index (χ4n) is 1.42. The van der Waals surface area contributed by atoms with Crippen molar-refractivity contribution in [2.45, 2.75) is 33.3 Å². The maximum absolute atomic E-state index is 12.1. The molecule has 1 aromatic rings. The third kappa shape index (κ3) is 5.22. The van der Waals surface area contributed by atoms with Crippen molar-refractivity contribution in [1.29, 1.82) is 0 Å². The van der Waals surface area contributed by atoms with E-state index in [1.165, 1.54) is 7.11 Å². The predicted molar refractivity (Wildman–Crippen MR) is 79.5 cm³/mol. The van der Waals surface area contributed by atoms with E-state index in [1.807, 2.05) is 30.3 Å². The molecule has 1 aromatic carbocycles. The molecule has 0 aliphatic heterocycles. The molecule has 0 saturated carbocycles. The van der Waals surface area contributed by atoms with Gasteiger partial charge < -0.3 is 9.57 Å². The van der Waals surface area contributed by atoms with Crippen LogP contribution >= 0.6 is 0 Å². The van der Waals surface area contributed by atoms with Crippen molar-refractivity contribution in [2.75, 3.05) is 7.11 Å². The van der Waals surface area contributed by atoms with Gasteiger partial charge in [-0.2, -0.15) is 0 Å². The second-order valence-corrected chi connectivity index (χ2v) is 5.16. The molecule has 0 aromatic heterocycles. The lowest BCUT2D eigenvalue weighted by Gasteiger charge is -2.19. The predicted octanol–water partition coefficient (Wildman–Crippen LogP) is 3.12. The number of oxime groups is 1. The highest BCUT2D eigenvalue weighted by molar-refractivity contribution is 6.65. The van der Waals surface area contributed by atoms with Gasteiger partial charge in [0.25, 0.3) is 0 Å². The minimum absolute atomic E-state index is 0.0614. The summed E-state index contributed by atoms with van der Waals surface area (Å²) in [6, 6.07) is 9.30. The highest BCUT2D eigenvalue weighted by Gasteiger charge is 2.24. The summed E-state index contributed by atoms with van der Waals surface area (Å²) in [5.41, 5.74) is 0.634. The molecule has 0 saturated heterocycles. The number of rotatable bonds is 4. The first-order chi connectivity index (χ1) is 9.33. The van der Waals surface area contributed by atoms with Crippen LogP contribution < -0.4 is 0 Å². The Bertz CT molecular complexity index is 514. The first-order valence-electron chi connectivity index (χ1n) is 6.28. The topological polar surface area (TPSA) is 60.2 Å². The van der Waals surface area contributed by atoms with Crippen molar-refractivity contribution in [1.82, 2.24) is 0 Å². The summed E-state index contributed by atoms with van der Waals surface area (Å²) in [5, 5.41) is 3.72. The zero-order chi connectivity index (χ0) is 15.2. The van der Waals surface area contributed by atoms with Gasteiger partial charge >= 0.3 is 5.97 Å². The van der Waals surface area contributed by atoms with Gasteiger partial charge in [-0.05, 0) is 39.8 Å². The molecule has 0 aliphatic carbocycles. The lowest BCUT2D eigenvalue weighted by atomic mass is 10.2. The largest absolute Gasteiger partial charge is 0.455 e. The summed E-state index contributed by atoms with van der Waals surface area (Å²) in [6.07, 6.45) is 0. The maximum Gasteiger partial charge on any atom is 0.362 e. The fraction of sp³-hybridized carbons (Fsp3) is 0.400. The Labute approximate surface area is 119 Å². The van der Waals surface area contributed by atoms with Crippen LogP contribution in [0.5, 0.6) is 0 Å². The van der Waals surface area contributed by atoms with Gasteiger partial charge in [-0.15, -0.1) is 0 Å². The van der Waals surface area contributed by atoms with E-state index in [2.05, 4.69) is 10.1 Å². The van der Waals surface area contributed by atoms with Gasteiger partial charge in [-0.1, -0.05) is 23.4 Å². The van der Waals surface area contributed by atoms with Crippen molar-refractivity contribution in [2.24, 2.45) is 10.1 Å². The van der Waals surface area contributed by atoms with Crippen LogP contribution in [0.1, 0.15) is 27.7 Å². The Hall–Kier alpha value is -2.17. The summed E-state index contributed by atoms with van der Waals surface area (Å²) < 4.78 is 5.28. The minimum Gasteiger partial charge on any atom is -0.455 e. The molecule has 0 atom stereocenters. The summed E-state index contributed by atoms with van der Waals surface area (Å²) in [7, 11) is 1.38. The van der Waals surface area contributed by atoms with E-state index in [4.69, 9.17) is 9.57 Å². The molecule has 0 N–H and O–H groups in total. The number of para-hydroxylation sites is 1. The molecule has 108 valence electrons. The number of carbonyl (C=O) groups excluding carboxylic acids is 1. The van der Waals surface area contributed by atoms with E-state index in [1.54, 1.807) is 27.7 Å². The number of benzene rings is 1. The third-order valence-corrected chi connectivity index (χ3v) is 2.17. The first-order valence-corrected chi connectivity index (χ1v) is 6.28. The average Bonchev–Trinajstić information content (AvgIpc) is 2.34. The molecule has 1 rings (SSSR count). The highest BCUT2D eigenvalue weighted by atomic mass is 16.6. The molecule has 0 fully saturated rings. The summed E-state index contributed by atoms with van der Waals surface area (Å²) in [6.45, 7) is 7.06.